The molecule has 3 rings (SSSR count). The molecule has 3 aliphatic rings. The van der Waals surface area contributed by atoms with Crippen LogP contribution in [0.25, 0.3) is 0 Å². The number of hydrogen-bond donors (Lipinski definition) is 1. The van der Waals surface area contributed by atoms with E-state index in [1.807, 2.05) is 39.8 Å². The molecule has 0 amide bonds. The van der Waals surface area contributed by atoms with Crippen molar-refractivity contribution in [2.24, 2.45) is 0 Å². The molecule has 0 saturated carbocycles. The fourth-order valence-corrected chi connectivity index (χ4v) is 4.53. The summed E-state index contributed by atoms with van der Waals surface area (Å²) in [6.45, 7) is 8.61. The van der Waals surface area contributed by atoms with Gasteiger partial charge in [0.2, 0.25) is 0 Å². The van der Waals surface area contributed by atoms with Crippen molar-refractivity contribution in [2.75, 3.05) is 21.2 Å². The molecule has 3 aliphatic heterocycles. The molecule has 1 N–H and O–H groups in total. The van der Waals surface area contributed by atoms with Crippen molar-refractivity contribution in [2.45, 2.75) is 102 Å². The number of carbonyl (C=O) groups is 1. The third-order valence-electron chi connectivity index (χ3n) is 5.79. The Kier molecular flexibility index (Phi) is 7.10. The maximum atomic E-state index is 11.7. The van der Waals surface area contributed by atoms with E-state index in [1.54, 1.807) is 6.92 Å². The second kappa shape index (κ2) is 8.95. The smallest absolute Gasteiger partial charge is 0.303 e. The largest absolute Gasteiger partial charge is 0.454 e. The zero-order chi connectivity index (χ0) is 22.4. The fourth-order valence-electron chi connectivity index (χ4n) is 4.53. The van der Waals surface area contributed by atoms with Crippen molar-refractivity contribution in [3.05, 3.63) is 0 Å². The van der Waals surface area contributed by atoms with Gasteiger partial charge in [-0.2, -0.15) is 0 Å². The number of aliphatic hydroxyl groups excluding tert-OH is 1. The van der Waals surface area contributed by atoms with Gasteiger partial charge in [-0.05, 0) is 41.8 Å². The average Bonchev–Trinajstić information content (AvgIpc) is 2.91. The van der Waals surface area contributed by atoms with Crippen LogP contribution >= 0.6 is 0 Å². The number of rotatable bonds is 5. The summed E-state index contributed by atoms with van der Waals surface area (Å²) >= 11 is 0. The summed E-state index contributed by atoms with van der Waals surface area (Å²) in [5, 5.41) is 10.8. The third kappa shape index (κ3) is 4.66. The van der Waals surface area contributed by atoms with E-state index in [4.69, 9.17) is 33.2 Å². The Morgan fingerprint density at radius 3 is 2.23 bits per heavy atom. The number of carbonyl (C=O) groups excluding carboxylic acids is 1. The molecule has 0 spiro atoms. The van der Waals surface area contributed by atoms with Gasteiger partial charge in [0.25, 0.3) is 0 Å². The van der Waals surface area contributed by atoms with Gasteiger partial charge in [0.1, 0.15) is 24.4 Å². The second-order valence-electron chi connectivity index (χ2n) is 8.84. The number of nitrogens with zero attached hydrogens (tertiary/aromatic N) is 1. The summed E-state index contributed by atoms with van der Waals surface area (Å²) in [6, 6.07) is -0.227. The maximum Gasteiger partial charge on any atom is 0.303 e. The summed E-state index contributed by atoms with van der Waals surface area (Å²) in [6.07, 6.45) is -6.08. The molecule has 0 bridgehead atoms. The Morgan fingerprint density at radius 2 is 1.67 bits per heavy atom. The van der Waals surface area contributed by atoms with Crippen molar-refractivity contribution < 1.29 is 43.1 Å². The lowest BCUT2D eigenvalue weighted by atomic mass is 9.94. The number of aliphatic hydroxyl groups is 1. The molecule has 10 atom stereocenters. The van der Waals surface area contributed by atoms with E-state index >= 15 is 0 Å². The molecule has 30 heavy (non-hydrogen) atoms. The molecule has 174 valence electrons. The van der Waals surface area contributed by atoms with E-state index in [9.17, 15) is 9.90 Å². The molecule has 2 unspecified atom stereocenters. The van der Waals surface area contributed by atoms with E-state index in [0.717, 1.165) is 0 Å². The summed E-state index contributed by atoms with van der Waals surface area (Å²) in [5.41, 5.74) is 0. The number of ether oxygens (including phenoxy) is 7. The van der Waals surface area contributed by atoms with Gasteiger partial charge in [-0.1, -0.05) is 0 Å². The lowest BCUT2D eigenvalue weighted by Crippen LogP contribution is -2.65. The first-order valence-corrected chi connectivity index (χ1v) is 10.3. The van der Waals surface area contributed by atoms with Gasteiger partial charge in [0.15, 0.2) is 24.5 Å². The first-order valence-electron chi connectivity index (χ1n) is 10.3. The van der Waals surface area contributed by atoms with Crippen molar-refractivity contribution in [3.8, 4) is 0 Å². The molecule has 10 nitrogen and oxygen atoms in total. The Labute approximate surface area is 177 Å². The van der Waals surface area contributed by atoms with Gasteiger partial charge in [-0.25, -0.2) is 0 Å². The van der Waals surface area contributed by atoms with Crippen LogP contribution in [-0.2, 0) is 38.0 Å². The van der Waals surface area contributed by atoms with E-state index in [0.29, 0.717) is 0 Å². The normalized spacial score (nSPS) is 45.9. The number of methoxy groups -OCH3 is 1. The number of esters is 1. The standard InChI is InChI=1S/C20H35NO9/c1-9-14(12(21(6)7)16-19(26-9)30-20(4,5)29-16)28-18-17(27-11(3)22)13(23)15(24-8)10(2)25-18/h9-10,12-19,23H,1-8H3/t9-,10-,12?,13+,14-,15-,16-,17-,18?,19+/m1/s1. The summed E-state index contributed by atoms with van der Waals surface area (Å²) in [7, 11) is 5.32. The van der Waals surface area contributed by atoms with Crippen LogP contribution in [0, 0.1) is 0 Å². The Bertz CT molecular complexity index is 615. The lowest BCUT2D eigenvalue weighted by Gasteiger charge is -2.48. The van der Waals surface area contributed by atoms with Crippen molar-refractivity contribution >= 4 is 5.97 Å². The average molecular weight is 433 g/mol. The first kappa shape index (κ1) is 23.8. The van der Waals surface area contributed by atoms with Crippen molar-refractivity contribution in [1.29, 1.82) is 0 Å². The van der Waals surface area contributed by atoms with Crippen LogP contribution in [0.1, 0.15) is 34.6 Å². The summed E-state index contributed by atoms with van der Waals surface area (Å²) in [5.74, 6) is -1.33. The summed E-state index contributed by atoms with van der Waals surface area (Å²) in [4.78, 5) is 13.7. The molecular weight excluding hydrogens is 398 g/mol. The van der Waals surface area contributed by atoms with Crippen LogP contribution in [0.4, 0.5) is 0 Å². The molecule has 0 aromatic rings. The quantitative estimate of drug-likeness (QED) is 0.607. The lowest BCUT2D eigenvalue weighted by molar-refractivity contribution is -0.335. The Hall–Kier alpha value is -0.850. The Morgan fingerprint density at radius 1 is 1.03 bits per heavy atom. The van der Waals surface area contributed by atoms with Gasteiger partial charge < -0.3 is 43.2 Å². The highest BCUT2D eigenvalue weighted by atomic mass is 16.8. The van der Waals surface area contributed by atoms with E-state index < -0.39 is 54.9 Å². The van der Waals surface area contributed by atoms with Gasteiger partial charge in [0.05, 0.1) is 18.2 Å². The number of fused-ring (bicyclic) bond motifs is 1. The fraction of sp³-hybridized carbons (Fsp3) is 0.950. The molecule has 0 aliphatic carbocycles. The molecule has 3 heterocycles. The zero-order valence-corrected chi connectivity index (χ0v) is 18.9. The van der Waals surface area contributed by atoms with Crippen LogP contribution in [0.2, 0.25) is 0 Å². The maximum absolute atomic E-state index is 11.7. The highest BCUT2D eigenvalue weighted by Crippen LogP contribution is 2.39. The van der Waals surface area contributed by atoms with Gasteiger partial charge in [-0.15, -0.1) is 0 Å². The predicted octanol–water partition coefficient (Wildman–Crippen LogP) is 0.251. The van der Waals surface area contributed by atoms with Crippen LogP contribution in [-0.4, -0.2) is 104 Å². The topological polar surface area (TPSA) is 105 Å². The van der Waals surface area contributed by atoms with Gasteiger partial charge >= 0.3 is 5.97 Å². The minimum atomic E-state index is -1.11. The minimum absolute atomic E-state index is 0.227. The summed E-state index contributed by atoms with van der Waals surface area (Å²) < 4.78 is 41.0. The van der Waals surface area contributed by atoms with Crippen LogP contribution < -0.4 is 0 Å². The van der Waals surface area contributed by atoms with E-state index in [-0.39, 0.29) is 18.2 Å². The second-order valence-corrected chi connectivity index (χ2v) is 8.84. The molecule has 0 aromatic carbocycles. The number of likely N-dealkylation sites (N-methyl/N-ethyl adjacent to an activating group) is 1. The van der Waals surface area contributed by atoms with E-state index in [2.05, 4.69) is 0 Å². The first-order chi connectivity index (χ1) is 13.9. The molecular formula is C20H35NO9. The van der Waals surface area contributed by atoms with Gasteiger partial charge in [0, 0.05) is 14.0 Å². The van der Waals surface area contributed by atoms with Crippen LogP contribution in [0.15, 0.2) is 0 Å². The monoisotopic (exact) mass is 433 g/mol. The van der Waals surface area contributed by atoms with Crippen molar-refractivity contribution in [1.82, 2.24) is 4.90 Å². The minimum Gasteiger partial charge on any atom is -0.454 e. The molecule has 0 radical (unpaired) electrons. The zero-order valence-electron chi connectivity index (χ0n) is 18.9. The third-order valence-corrected chi connectivity index (χ3v) is 5.79. The molecule has 3 fully saturated rings. The van der Waals surface area contributed by atoms with Gasteiger partial charge in [-0.3, -0.25) is 4.79 Å². The number of hydrogen-bond acceptors (Lipinski definition) is 10. The SMILES string of the molecule is CO[C@H]1[C@H](O)[C@@H](OC(C)=O)C(O[C@H]2C(N(C)C)[C@H]3OC(C)(C)O[C@@H]3O[C@@H]2C)O[C@@H]1C. The Balaban J connectivity index is 1.84. The highest BCUT2D eigenvalue weighted by molar-refractivity contribution is 5.66. The highest BCUT2D eigenvalue weighted by Gasteiger charge is 2.56. The van der Waals surface area contributed by atoms with Crippen LogP contribution in [0.3, 0.4) is 0 Å². The predicted molar refractivity (Wildman–Crippen MR) is 103 cm³/mol. The molecule has 3 saturated heterocycles. The molecule has 10 heteroatoms. The van der Waals surface area contributed by atoms with Crippen LogP contribution in [0.5, 0.6) is 0 Å². The van der Waals surface area contributed by atoms with E-state index in [1.165, 1.54) is 14.0 Å². The molecule has 0 aromatic heterocycles. The van der Waals surface area contributed by atoms with Crippen molar-refractivity contribution in [3.63, 3.8) is 0 Å².